The zero-order valence-electron chi connectivity index (χ0n) is 16.8. The minimum Gasteiger partial charge on any atom is -0.534 e. The smallest absolute Gasteiger partial charge is 0.534 e. The van der Waals surface area contributed by atoms with Gasteiger partial charge in [-0.1, -0.05) is 17.3 Å². The topological polar surface area (TPSA) is 165 Å². The molecule has 1 aromatic heterocycles. The van der Waals surface area contributed by atoms with E-state index in [1.54, 1.807) is 32.2 Å². The fraction of sp³-hybridized carbons (Fsp3) is 0.444. The first-order valence-electron chi connectivity index (χ1n) is 9.57. The molecule has 3 rings (SSSR count). The third-order valence-corrected chi connectivity index (χ3v) is 4.96. The maximum Gasteiger partial charge on any atom is 0.547 e. The number of carbonyl (C=O) groups excluding carboxylic acids is 1. The number of hydrogen-bond donors (Lipinski definition) is 5. The van der Waals surface area contributed by atoms with Gasteiger partial charge in [-0.25, -0.2) is 9.48 Å². The number of aromatic carboxylic acids is 1. The second kappa shape index (κ2) is 8.82. The van der Waals surface area contributed by atoms with Gasteiger partial charge in [-0.05, 0) is 31.9 Å². The van der Waals surface area contributed by atoms with Crippen molar-refractivity contribution in [1.82, 2.24) is 25.6 Å². The lowest BCUT2D eigenvalue weighted by atomic mass is 9.72. The minimum atomic E-state index is -1.38. The maximum atomic E-state index is 12.9. The second-order valence-corrected chi connectivity index (χ2v) is 7.57. The molecule has 0 saturated carbocycles. The first kappa shape index (κ1) is 21.7. The van der Waals surface area contributed by atoms with Crippen molar-refractivity contribution in [2.24, 2.45) is 5.73 Å². The van der Waals surface area contributed by atoms with Crippen LogP contribution in [0.25, 0.3) is 0 Å². The second-order valence-electron chi connectivity index (χ2n) is 7.57. The molecule has 1 atom stereocenters. The number of nitrogens with one attached hydrogen (secondary N) is 2. The van der Waals surface area contributed by atoms with E-state index in [1.807, 2.05) is 0 Å². The summed E-state index contributed by atoms with van der Waals surface area (Å²) in [6.07, 6.45) is 1.90. The summed E-state index contributed by atoms with van der Waals surface area (Å²) in [5.41, 5.74) is 5.59. The van der Waals surface area contributed by atoms with Crippen molar-refractivity contribution in [3.8, 4) is 5.75 Å². The molecular weight excluding hydrogens is 391 g/mol. The van der Waals surface area contributed by atoms with Crippen LogP contribution in [0.15, 0.2) is 24.4 Å². The Labute approximate surface area is 173 Å². The lowest BCUT2D eigenvalue weighted by molar-refractivity contribution is -0.129. The molecule has 1 aliphatic heterocycles. The Morgan fingerprint density at radius 1 is 1.43 bits per heavy atom. The Kier molecular flexibility index (Phi) is 6.39. The van der Waals surface area contributed by atoms with E-state index in [2.05, 4.69) is 20.9 Å². The van der Waals surface area contributed by atoms with Gasteiger partial charge in [0.2, 0.25) is 5.91 Å². The average molecular weight is 416 g/mol. The summed E-state index contributed by atoms with van der Waals surface area (Å²) in [5, 5.41) is 33.6. The molecule has 2 aromatic rings. The van der Waals surface area contributed by atoms with Crippen LogP contribution in [0.5, 0.6) is 5.75 Å². The molecule has 30 heavy (non-hydrogen) atoms. The highest BCUT2D eigenvalue weighted by Gasteiger charge is 2.41. The van der Waals surface area contributed by atoms with Crippen LogP contribution >= 0.6 is 0 Å². The number of carboxylic acid groups (broad SMARTS) is 1. The van der Waals surface area contributed by atoms with Crippen molar-refractivity contribution in [1.29, 1.82) is 0 Å². The largest absolute Gasteiger partial charge is 0.547 e. The highest BCUT2D eigenvalue weighted by Crippen LogP contribution is 2.30. The van der Waals surface area contributed by atoms with E-state index >= 15 is 0 Å². The van der Waals surface area contributed by atoms with Crippen molar-refractivity contribution in [3.05, 3.63) is 41.2 Å². The summed E-state index contributed by atoms with van der Waals surface area (Å²) >= 11 is 0. The number of benzene rings is 1. The Hall–Kier alpha value is -2.96. The van der Waals surface area contributed by atoms with Crippen molar-refractivity contribution in [2.45, 2.75) is 38.3 Å². The number of rotatable bonds is 8. The van der Waals surface area contributed by atoms with Crippen LogP contribution in [0.1, 0.15) is 35.5 Å². The number of amides is 1. The van der Waals surface area contributed by atoms with Crippen LogP contribution in [-0.2, 0) is 23.3 Å². The molecule has 1 amide bonds. The Morgan fingerprint density at radius 2 is 2.20 bits per heavy atom. The molecule has 2 heterocycles. The fourth-order valence-corrected chi connectivity index (χ4v) is 3.14. The van der Waals surface area contributed by atoms with Crippen molar-refractivity contribution < 1.29 is 24.4 Å². The van der Waals surface area contributed by atoms with E-state index in [0.29, 0.717) is 30.9 Å². The molecule has 11 nitrogen and oxygen atoms in total. The summed E-state index contributed by atoms with van der Waals surface area (Å²) in [4.78, 5) is 24.3. The lowest BCUT2D eigenvalue weighted by Crippen LogP contribution is -2.57. The highest BCUT2D eigenvalue weighted by atomic mass is 16.5. The Balaban J connectivity index is 1.71. The molecule has 6 N–H and O–H groups in total. The summed E-state index contributed by atoms with van der Waals surface area (Å²) < 4.78 is 6.87. The third-order valence-electron chi connectivity index (χ3n) is 4.96. The number of para-hydroxylation sites is 1. The fourth-order valence-electron chi connectivity index (χ4n) is 3.14. The average Bonchev–Trinajstić information content (AvgIpc) is 3.18. The molecule has 12 heteroatoms. The van der Waals surface area contributed by atoms with Gasteiger partial charge in [0, 0.05) is 19.6 Å². The van der Waals surface area contributed by atoms with Gasteiger partial charge in [-0.3, -0.25) is 4.79 Å². The van der Waals surface area contributed by atoms with Crippen LogP contribution < -0.4 is 21.0 Å². The summed E-state index contributed by atoms with van der Waals surface area (Å²) in [6.45, 7) is 4.99. The first-order valence-corrected chi connectivity index (χ1v) is 9.57. The van der Waals surface area contributed by atoms with Crippen LogP contribution in [0.4, 0.5) is 0 Å². The summed E-state index contributed by atoms with van der Waals surface area (Å²) in [6, 6.07) is 4.71. The molecule has 0 bridgehead atoms. The Morgan fingerprint density at radius 3 is 2.90 bits per heavy atom. The molecule has 0 fully saturated rings. The molecule has 0 spiro atoms. The van der Waals surface area contributed by atoms with Crippen LogP contribution in [-0.4, -0.2) is 63.2 Å². The number of hydrogen-bond acceptors (Lipinski definition) is 8. The van der Waals surface area contributed by atoms with Crippen LogP contribution in [0.2, 0.25) is 0 Å². The van der Waals surface area contributed by atoms with Crippen LogP contribution in [0.3, 0.4) is 0 Å². The van der Waals surface area contributed by atoms with Gasteiger partial charge in [0.1, 0.15) is 11.3 Å². The number of nitrogens with zero attached hydrogens (tertiary/aromatic N) is 3. The van der Waals surface area contributed by atoms with Gasteiger partial charge in [0.05, 0.1) is 23.4 Å². The number of fused-ring (bicyclic) bond motifs is 1. The number of carbonyl (C=O) groups is 2. The van der Waals surface area contributed by atoms with E-state index in [0.717, 1.165) is 0 Å². The molecule has 0 aliphatic carbocycles. The zero-order chi connectivity index (χ0) is 21.9. The SMILES string of the molecule is CC(C)(C(=O)N[C@H]1Cc2cccc(C(=O)O)c2OB1O)n1cc(CNCCN)nn1. The van der Waals surface area contributed by atoms with Crippen molar-refractivity contribution >= 4 is 19.0 Å². The molecule has 0 radical (unpaired) electrons. The van der Waals surface area contributed by atoms with E-state index in [1.165, 1.54) is 10.7 Å². The molecule has 0 unspecified atom stereocenters. The van der Waals surface area contributed by atoms with Gasteiger partial charge in [0.25, 0.3) is 0 Å². The quantitative estimate of drug-likeness (QED) is 0.265. The first-order chi connectivity index (χ1) is 14.2. The Bertz CT molecular complexity index is 934. The number of aromatic nitrogens is 3. The van der Waals surface area contributed by atoms with E-state index in [4.69, 9.17) is 10.4 Å². The monoisotopic (exact) mass is 416 g/mol. The van der Waals surface area contributed by atoms with Gasteiger partial charge in [0.15, 0.2) is 0 Å². The summed E-state index contributed by atoms with van der Waals surface area (Å²) in [7, 11) is -1.38. The van der Waals surface area contributed by atoms with E-state index in [-0.39, 0.29) is 23.6 Å². The van der Waals surface area contributed by atoms with Gasteiger partial charge >= 0.3 is 13.1 Å². The van der Waals surface area contributed by atoms with Crippen molar-refractivity contribution in [2.75, 3.05) is 13.1 Å². The van der Waals surface area contributed by atoms with Gasteiger partial charge in [-0.15, -0.1) is 5.10 Å². The normalized spacial score (nSPS) is 16.0. The number of nitrogens with two attached hydrogens (primary N) is 1. The minimum absolute atomic E-state index is 0.0324. The van der Waals surface area contributed by atoms with E-state index < -0.39 is 24.6 Å². The standard InChI is InChI=1S/C18H25BN6O5/c1-18(2,25-10-12(23-24-25)9-21-7-6-20)17(28)22-14-8-11-4-3-5-13(16(26)27)15(11)30-19(14)29/h3-5,10,14,21,29H,6-9,20H2,1-2H3,(H,22,28)(H,26,27)/t14-/m0/s1. The number of carboxylic acids is 1. The third kappa shape index (κ3) is 4.45. The summed E-state index contributed by atoms with van der Waals surface area (Å²) in [5.74, 6) is -2.17. The molecule has 160 valence electrons. The van der Waals surface area contributed by atoms with Crippen LogP contribution in [0, 0.1) is 0 Å². The van der Waals surface area contributed by atoms with Crippen molar-refractivity contribution in [3.63, 3.8) is 0 Å². The molecule has 0 saturated heterocycles. The maximum absolute atomic E-state index is 12.9. The zero-order valence-corrected chi connectivity index (χ0v) is 16.8. The predicted octanol–water partition coefficient (Wildman–Crippen LogP) is -1.10. The predicted molar refractivity (Wildman–Crippen MR) is 108 cm³/mol. The van der Waals surface area contributed by atoms with Gasteiger partial charge in [-0.2, -0.15) is 0 Å². The van der Waals surface area contributed by atoms with E-state index in [9.17, 15) is 19.7 Å². The molecular formula is C18H25BN6O5. The lowest BCUT2D eigenvalue weighted by Gasteiger charge is -2.31. The molecule has 1 aromatic carbocycles. The highest BCUT2D eigenvalue weighted by molar-refractivity contribution is 6.47. The van der Waals surface area contributed by atoms with Gasteiger partial charge < -0.3 is 31.2 Å². The molecule has 1 aliphatic rings.